The number of amides is 1. The minimum absolute atomic E-state index is 0.240. The number of benzene rings is 1. The van der Waals surface area contributed by atoms with Gasteiger partial charge in [-0.1, -0.05) is 35.9 Å². The van der Waals surface area contributed by atoms with Gasteiger partial charge in [-0.25, -0.2) is 0 Å². The number of hydrogen-bond acceptors (Lipinski definition) is 5. The van der Waals surface area contributed by atoms with Crippen molar-refractivity contribution in [3.8, 4) is 0 Å². The van der Waals surface area contributed by atoms with E-state index in [1.54, 1.807) is 0 Å². The van der Waals surface area contributed by atoms with Gasteiger partial charge in [0.2, 0.25) is 5.91 Å². The Morgan fingerprint density at radius 1 is 1.22 bits per heavy atom. The van der Waals surface area contributed by atoms with E-state index in [0.29, 0.717) is 0 Å². The van der Waals surface area contributed by atoms with E-state index in [2.05, 4.69) is 5.32 Å². The Kier molecular flexibility index (Phi) is 5.46. The summed E-state index contributed by atoms with van der Waals surface area (Å²) in [6.45, 7) is 1.69. The van der Waals surface area contributed by atoms with Crippen LogP contribution >= 0.6 is 11.3 Å². The van der Waals surface area contributed by atoms with Crippen LogP contribution in [0.5, 0.6) is 0 Å². The average Bonchev–Trinajstić information content (AvgIpc) is 3.16. The van der Waals surface area contributed by atoms with E-state index in [9.17, 15) is 19.7 Å². The second-order valence-corrected chi connectivity index (χ2v) is 7.02. The fraction of sp³-hybridized carbons (Fsp3) is 0.158. The number of carbonyl (C=O) groups is 1. The number of pyridine rings is 1. The van der Waals surface area contributed by atoms with Crippen LogP contribution in [0.2, 0.25) is 0 Å². The van der Waals surface area contributed by atoms with Gasteiger partial charge < -0.3 is 5.32 Å². The van der Waals surface area contributed by atoms with Crippen LogP contribution in [0.4, 0.5) is 5.69 Å². The van der Waals surface area contributed by atoms with Crippen LogP contribution in [0.1, 0.15) is 22.0 Å². The maximum Gasteiger partial charge on any atom is 0.285 e. The van der Waals surface area contributed by atoms with Gasteiger partial charge in [0, 0.05) is 17.0 Å². The summed E-state index contributed by atoms with van der Waals surface area (Å²) < 4.78 is 1.04. The molecule has 0 aliphatic heterocycles. The summed E-state index contributed by atoms with van der Waals surface area (Å²) >= 11 is 1.52. The molecule has 1 aromatic carbocycles. The number of thiophene rings is 1. The molecule has 0 aliphatic carbocycles. The van der Waals surface area contributed by atoms with Crippen molar-refractivity contribution < 1.29 is 9.72 Å². The lowest BCUT2D eigenvalue weighted by molar-refractivity contribution is -0.385. The largest absolute Gasteiger partial charge is 0.343 e. The average molecular weight is 383 g/mol. The number of nitrogens with one attached hydrogen (secondary N) is 1. The minimum atomic E-state index is -0.603. The smallest absolute Gasteiger partial charge is 0.285 e. The second kappa shape index (κ2) is 7.96. The topological polar surface area (TPSA) is 94.2 Å². The molecule has 0 spiro atoms. The molecule has 0 saturated carbocycles. The number of aryl methyl sites for hydroxylation is 1. The first-order chi connectivity index (χ1) is 12.9. The molecule has 0 bridgehead atoms. The molecule has 2 heterocycles. The van der Waals surface area contributed by atoms with Gasteiger partial charge in [0.05, 0.1) is 17.2 Å². The number of nitrogens with zero attached hydrogens (tertiary/aromatic N) is 2. The summed E-state index contributed by atoms with van der Waals surface area (Å²) in [6.07, 6.45) is 1.08. The van der Waals surface area contributed by atoms with E-state index >= 15 is 0 Å². The van der Waals surface area contributed by atoms with E-state index in [1.807, 2.05) is 48.7 Å². The third-order valence-electron chi connectivity index (χ3n) is 4.04. The van der Waals surface area contributed by atoms with Gasteiger partial charge >= 0.3 is 0 Å². The van der Waals surface area contributed by atoms with Gasteiger partial charge in [-0.2, -0.15) is 0 Å². The first kappa shape index (κ1) is 18.5. The third-order valence-corrected chi connectivity index (χ3v) is 4.97. The van der Waals surface area contributed by atoms with Gasteiger partial charge in [0.15, 0.2) is 0 Å². The highest BCUT2D eigenvalue weighted by atomic mass is 32.1. The molecule has 1 atom stereocenters. The SMILES string of the molecule is Cc1ccc(C(NC(=O)Cn2cc([N+](=O)[O-])ccc2=O)c2cccs2)cc1. The van der Waals surface area contributed by atoms with E-state index in [-0.39, 0.29) is 18.3 Å². The van der Waals surface area contributed by atoms with Gasteiger partial charge in [0.25, 0.3) is 11.2 Å². The zero-order chi connectivity index (χ0) is 19.4. The molecule has 1 N–H and O–H groups in total. The number of carbonyl (C=O) groups excluding carboxylic acids is 1. The Balaban J connectivity index is 1.83. The predicted octanol–water partition coefficient (Wildman–Crippen LogP) is 3.03. The van der Waals surface area contributed by atoms with Crippen molar-refractivity contribution in [3.63, 3.8) is 0 Å². The summed E-state index contributed by atoms with van der Waals surface area (Å²) in [5, 5.41) is 15.7. The molecule has 0 radical (unpaired) electrons. The monoisotopic (exact) mass is 383 g/mol. The third kappa shape index (κ3) is 4.48. The summed E-state index contributed by atoms with van der Waals surface area (Å²) in [5.41, 5.74) is 1.32. The molecule has 138 valence electrons. The second-order valence-electron chi connectivity index (χ2n) is 6.04. The lowest BCUT2D eigenvalue weighted by Gasteiger charge is -2.18. The molecule has 2 aromatic heterocycles. The fourth-order valence-electron chi connectivity index (χ4n) is 2.64. The van der Waals surface area contributed by atoms with E-state index in [4.69, 9.17) is 0 Å². The molecule has 27 heavy (non-hydrogen) atoms. The van der Waals surface area contributed by atoms with Crippen molar-refractivity contribution in [2.45, 2.75) is 19.5 Å². The van der Waals surface area contributed by atoms with E-state index < -0.39 is 16.4 Å². The van der Waals surface area contributed by atoms with Crippen LogP contribution in [-0.4, -0.2) is 15.4 Å². The summed E-state index contributed by atoms with van der Waals surface area (Å²) in [4.78, 5) is 35.7. The van der Waals surface area contributed by atoms with Crippen molar-refractivity contribution in [1.29, 1.82) is 0 Å². The quantitative estimate of drug-likeness (QED) is 0.523. The lowest BCUT2D eigenvalue weighted by atomic mass is 10.0. The van der Waals surface area contributed by atoms with Crippen LogP contribution < -0.4 is 10.9 Å². The maximum atomic E-state index is 12.6. The Hall–Kier alpha value is -3.26. The fourth-order valence-corrected chi connectivity index (χ4v) is 3.45. The van der Waals surface area contributed by atoms with Crippen molar-refractivity contribution in [1.82, 2.24) is 9.88 Å². The zero-order valence-corrected chi connectivity index (χ0v) is 15.3. The molecule has 1 amide bonds. The van der Waals surface area contributed by atoms with Crippen molar-refractivity contribution in [2.75, 3.05) is 0 Å². The Labute approximate surface area is 159 Å². The minimum Gasteiger partial charge on any atom is -0.343 e. The first-order valence-corrected chi connectivity index (χ1v) is 9.06. The van der Waals surface area contributed by atoms with Crippen LogP contribution in [0, 0.1) is 17.0 Å². The highest BCUT2D eigenvalue weighted by Crippen LogP contribution is 2.26. The Bertz CT molecular complexity index is 1010. The molecular weight excluding hydrogens is 366 g/mol. The molecular formula is C19H17N3O4S. The van der Waals surface area contributed by atoms with E-state index in [0.717, 1.165) is 38.9 Å². The molecule has 3 rings (SSSR count). The van der Waals surface area contributed by atoms with Crippen molar-refractivity contribution in [3.05, 3.63) is 96.6 Å². The zero-order valence-electron chi connectivity index (χ0n) is 14.5. The molecule has 0 aliphatic rings. The van der Waals surface area contributed by atoms with Crippen LogP contribution in [-0.2, 0) is 11.3 Å². The van der Waals surface area contributed by atoms with Crippen molar-refractivity contribution in [2.24, 2.45) is 0 Å². The van der Waals surface area contributed by atoms with Crippen molar-refractivity contribution >= 4 is 22.9 Å². The highest BCUT2D eigenvalue weighted by Gasteiger charge is 2.19. The van der Waals surface area contributed by atoms with E-state index in [1.165, 1.54) is 11.3 Å². The summed E-state index contributed by atoms with van der Waals surface area (Å²) in [7, 11) is 0. The normalized spacial score (nSPS) is 11.7. The number of aromatic nitrogens is 1. The van der Waals surface area contributed by atoms with Gasteiger partial charge in [-0.3, -0.25) is 24.3 Å². The van der Waals surface area contributed by atoms with Gasteiger partial charge in [0.1, 0.15) is 6.54 Å². The Morgan fingerprint density at radius 2 is 1.96 bits per heavy atom. The molecule has 7 nitrogen and oxygen atoms in total. The number of nitro groups is 1. The van der Waals surface area contributed by atoms with Crippen LogP contribution in [0.25, 0.3) is 0 Å². The molecule has 3 aromatic rings. The number of rotatable bonds is 6. The maximum absolute atomic E-state index is 12.6. The summed E-state index contributed by atoms with van der Waals surface area (Å²) in [6, 6.07) is 13.5. The first-order valence-electron chi connectivity index (χ1n) is 8.18. The Morgan fingerprint density at radius 3 is 2.59 bits per heavy atom. The lowest BCUT2D eigenvalue weighted by Crippen LogP contribution is -2.34. The van der Waals surface area contributed by atoms with Gasteiger partial charge in [-0.15, -0.1) is 11.3 Å². The highest BCUT2D eigenvalue weighted by molar-refractivity contribution is 7.10. The van der Waals surface area contributed by atoms with Crippen LogP contribution in [0.15, 0.2) is 64.9 Å². The van der Waals surface area contributed by atoms with Gasteiger partial charge in [-0.05, 0) is 23.9 Å². The number of hydrogen-bond donors (Lipinski definition) is 1. The molecule has 1 unspecified atom stereocenters. The molecule has 0 saturated heterocycles. The predicted molar refractivity (Wildman–Crippen MR) is 103 cm³/mol. The summed E-state index contributed by atoms with van der Waals surface area (Å²) in [5.74, 6) is -0.406. The molecule has 8 heteroatoms. The van der Waals surface area contributed by atoms with Crippen LogP contribution in [0.3, 0.4) is 0 Å². The molecule has 0 fully saturated rings. The standard InChI is InChI=1S/C19H17N3O4S/c1-13-4-6-14(7-5-13)19(16-3-2-10-27-16)20-17(23)12-21-11-15(22(25)26)8-9-18(21)24/h2-11,19H,12H2,1H3,(H,20,23).